The molecule has 0 radical (unpaired) electrons. The van der Waals surface area contributed by atoms with Gasteiger partial charge in [0.15, 0.2) is 0 Å². The van der Waals surface area contributed by atoms with Crippen LogP contribution >= 0.6 is 0 Å². The summed E-state index contributed by atoms with van der Waals surface area (Å²) in [6.07, 6.45) is 0. The van der Waals surface area contributed by atoms with E-state index in [2.05, 4.69) is 14.8 Å². The summed E-state index contributed by atoms with van der Waals surface area (Å²) in [6.45, 7) is -1.23. The molecule has 0 spiro atoms. The number of carbonyl (C=O) groups excluding carboxylic acids is 1. The normalized spacial score (nSPS) is 12.7. The van der Waals surface area contributed by atoms with Gasteiger partial charge in [-0.2, -0.15) is 8.78 Å². The van der Waals surface area contributed by atoms with E-state index in [9.17, 15) is 22.0 Å². The van der Waals surface area contributed by atoms with Crippen LogP contribution in [0.1, 0.15) is 28.9 Å². The summed E-state index contributed by atoms with van der Waals surface area (Å²) in [5.74, 6) is -0.425. The van der Waals surface area contributed by atoms with Gasteiger partial charge in [-0.05, 0) is 55.9 Å². The van der Waals surface area contributed by atoms with Crippen LogP contribution in [0.4, 0.5) is 8.78 Å². The fraction of sp³-hybridized carbons (Fsp3) is 0.235. The van der Waals surface area contributed by atoms with Crippen molar-refractivity contribution < 1.29 is 26.7 Å². The quantitative estimate of drug-likeness (QED) is 0.769. The Morgan fingerprint density at radius 3 is 2.35 bits per heavy atom. The van der Waals surface area contributed by atoms with E-state index < -0.39 is 28.6 Å². The molecule has 9 heteroatoms. The molecule has 0 bridgehead atoms. The number of amides is 1. The molecule has 0 aliphatic rings. The molecule has 1 unspecified atom stereocenters. The molecule has 0 aliphatic carbocycles. The molecule has 2 aromatic rings. The predicted octanol–water partition coefficient (Wildman–Crippen LogP) is 2.69. The van der Waals surface area contributed by atoms with Crippen LogP contribution < -0.4 is 14.8 Å². The van der Waals surface area contributed by atoms with Crippen LogP contribution in [0.25, 0.3) is 0 Å². The first-order valence-corrected chi connectivity index (χ1v) is 9.10. The maximum absolute atomic E-state index is 12.3. The second kappa shape index (κ2) is 8.24. The van der Waals surface area contributed by atoms with Gasteiger partial charge in [0, 0.05) is 5.56 Å². The number of rotatable bonds is 7. The SMILES string of the molecule is CNS(=O)(=O)c1ccc(C(=O)NC(C)c2cccc(OC(F)F)c2)cc1. The third-order valence-corrected chi connectivity index (χ3v) is 5.06. The van der Waals surface area contributed by atoms with Crippen molar-refractivity contribution in [2.24, 2.45) is 0 Å². The maximum Gasteiger partial charge on any atom is 0.387 e. The van der Waals surface area contributed by atoms with E-state index in [-0.39, 0.29) is 16.2 Å². The van der Waals surface area contributed by atoms with Crippen LogP contribution in [0.5, 0.6) is 5.75 Å². The lowest BCUT2D eigenvalue weighted by atomic mass is 10.1. The first-order chi connectivity index (χ1) is 12.2. The van der Waals surface area contributed by atoms with Crippen molar-refractivity contribution in [3.05, 3.63) is 59.7 Å². The molecular weight excluding hydrogens is 366 g/mol. The summed E-state index contributed by atoms with van der Waals surface area (Å²) in [5, 5.41) is 2.72. The number of benzene rings is 2. The Kier molecular flexibility index (Phi) is 6.27. The maximum atomic E-state index is 12.3. The van der Waals surface area contributed by atoms with Crippen LogP contribution in [0, 0.1) is 0 Å². The lowest BCUT2D eigenvalue weighted by Crippen LogP contribution is -2.26. The molecule has 0 fully saturated rings. The smallest absolute Gasteiger partial charge is 0.387 e. The second-order valence-electron chi connectivity index (χ2n) is 5.38. The Bertz CT molecular complexity index is 871. The Morgan fingerprint density at radius 2 is 1.77 bits per heavy atom. The van der Waals surface area contributed by atoms with Gasteiger partial charge in [0.25, 0.3) is 5.91 Å². The van der Waals surface area contributed by atoms with Crippen LogP contribution in [-0.4, -0.2) is 28.0 Å². The molecule has 26 heavy (non-hydrogen) atoms. The van der Waals surface area contributed by atoms with Crippen molar-refractivity contribution in [1.82, 2.24) is 10.0 Å². The van der Waals surface area contributed by atoms with Crippen molar-refractivity contribution >= 4 is 15.9 Å². The summed E-state index contributed by atoms with van der Waals surface area (Å²) in [7, 11) is -2.28. The zero-order chi connectivity index (χ0) is 19.3. The van der Waals surface area contributed by atoms with Crippen molar-refractivity contribution in [1.29, 1.82) is 0 Å². The van der Waals surface area contributed by atoms with E-state index in [1.165, 1.54) is 43.4 Å². The Balaban J connectivity index is 2.09. The van der Waals surface area contributed by atoms with Gasteiger partial charge in [0.1, 0.15) is 5.75 Å². The number of nitrogens with one attached hydrogen (secondary N) is 2. The van der Waals surface area contributed by atoms with Gasteiger partial charge in [-0.1, -0.05) is 12.1 Å². The molecule has 2 aromatic carbocycles. The van der Waals surface area contributed by atoms with E-state index in [1.807, 2.05) is 0 Å². The van der Waals surface area contributed by atoms with Crippen molar-refractivity contribution in [2.45, 2.75) is 24.5 Å². The van der Waals surface area contributed by atoms with Crippen molar-refractivity contribution in [2.75, 3.05) is 7.05 Å². The average Bonchev–Trinajstić information content (AvgIpc) is 2.61. The van der Waals surface area contributed by atoms with E-state index in [0.717, 1.165) is 0 Å². The minimum Gasteiger partial charge on any atom is -0.435 e. The second-order valence-corrected chi connectivity index (χ2v) is 7.26. The highest BCUT2D eigenvalue weighted by atomic mass is 32.2. The first kappa shape index (κ1) is 19.8. The standard InChI is InChI=1S/C17H18F2N2O4S/c1-11(13-4-3-5-14(10-13)25-17(18)19)21-16(22)12-6-8-15(9-7-12)26(23,24)20-2/h3-11,17,20H,1-2H3,(H,21,22). The molecule has 0 aliphatic heterocycles. The van der Waals surface area contributed by atoms with Crippen LogP contribution in [0.3, 0.4) is 0 Å². The molecule has 0 heterocycles. The van der Waals surface area contributed by atoms with Crippen molar-refractivity contribution in [3.8, 4) is 5.75 Å². The Labute approximate surface area is 150 Å². The molecule has 2 N–H and O–H groups in total. The molecule has 6 nitrogen and oxygen atoms in total. The fourth-order valence-electron chi connectivity index (χ4n) is 2.23. The van der Waals surface area contributed by atoms with Crippen LogP contribution in [0.15, 0.2) is 53.4 Å². The number of carbonyl (C=O) groups is 1. The monoisotopic (exact) mass is 384 g/mol. The number of sulfonamides is 1. The van der Waals surface area contributed by atoms with Gasteiger partial charge in [0.05, 0.1) is 10.9 Å². The third kappa shape index (κ3) is 4.99. The first-order valence-electron chi connectivity index (χ1n) is 7.62. The molecule has 2 rings (SSSR count). The minimum atomic E-state index is -3.58. The molecule has 0 saturated heterocycles. The number of hydrogen-bond donors (Lipinski definition) is 2. The highest BCUT2D eigenvalue weighted by molar-refractivity contribution is 7.89. The zero-order valence-electron chi connectivity index (χ0n) is 14.1. The Hall–Kier alpha value is -2.52. The van der Waals surface area contributed by atoms with E-state index >= 15 is 0 Å². The summed E-state index contributed by atoms with van der Waals surface area (Å²) >= 11 is 0. The average molecular weight is 384 g/mol. The van der Waals surface area contributed by atoms with Crippen LogP contribution in [-0.2, 0) is 10.0 Å². The van der Waals surface area contributed by atoms with Gasteiger partial charge >= 0.3 is 6.61 Å². The number of alkyl halides is 2. The molecule has 140 valence electrons. The predicted molar refractivity (Wildman–Crippen MR) is 91.6 cm³/mol. The third-order valence-electron chi connectivity index (χ3n) is 3.63. The van der Waals surface area contributed by atoms with Crippen LogP contribution in [0.2, 0.25) is 0 Å². The molecule has 0 aromatic heterocycles. The number of ether oxygens (including phenoxy) is 1. The summed E-state index contributed by atoms with van der Waals surface area (Å²) < 4.78 is 54.5. The minimum absolute atomic E-state index is 0.000208. The number of halogens is 2. The molecule has 1 amide bonds. The highest BCUT2D eigenvalue weighted by Crippen LogP contribution is 2.21. The Morgan fingerprint density at radius 1 is 1.12 bits per heavy atom. The van der Waals surface area contributed by atoms with Crippen molar-refractivity contribution in [3.63, 3.8) is 0 Å². The molecule has 1 atom stereocenters. The summed E-state index contributed by atoms with van der Waals surface area (Å²) in [6, 6.07) is 11.0. The lowest BCUT2D eigenvalue weighted by Gasteiger charge is -2.16. The summed E-state index contributed by atoms with van der Waals surface area (Å²) in [4.78, 5) is 12.3. The largest absolute Gasteiger partial charge is 0.435 e. The van der Waals surface area contributed by atoms with E-state index in [0.29, 0.717) is 5.56 Å². The zero-order valence-corrected chi connectivity index (χ0v) is 14.9. The van der Waals surface area contributed by atoms with Gasteiger partial charge in [-0.25, -0.2) is 13.1 Å². The topological polar surface area (TPSA) is 84.5 Å². The van der Waals surface area contributed by atoms with Gasteiger partial charge in [-0.3, -0.25) is 4.79 Å². The van der Waals surface area contributed by atoms with Gasteiger partial charge in [0.2, 0.25) is 10.0 Å². The summed E-state index contributed by atoms with van der Waals surface area (Å²) in [5.41, 5.74) is 0.859. The van der Waals surface area contributed by atoms with E-state index in [4.69, 9.17) is 0 Å². The highest BCUT2D eigenvalue weighted by Gasteiger charge is 2.15. The molecular formula is C17H18F2N2O4S. The number of hydrogen-bond acceptors (Lipinski definition) is 4. The fourth-order valence-corrected chi connectivity index (χ4v) is 2.96. The van der Waals surface area contributed by atoms with E-state index in [1.54, 1.807) is 19.1 Å². The van der Waals surface area contributed by atoms with Gasteiger partial charge < -0.3 is 10.1 Å². The molecule has 0 saturated carbocycles. The van der Waals surface area contributed by atoms with Gasteiger partial charge in [-0.15, -0.1) is 0 Å². The lowest BCUT2D eigenvalue weighted by molar-refractivity contribution is -0.0499.